The first-order valence-corrected chi connectivity index (χ1v) is 12.5. The van der Waals surface area contributed by atoms with Crippen LogP contribution in [0, 0.1) is 5.92 Å². The quantitative estimate of drug-likeness (QED) is 0.450. The Kier molecular flexibility index (Phi) is 6.48. The third-order valence-corrected chi connectivity index (χ3v) is 6.92. The highest BCUT2D eigenvalue weighted by Crippen LogP contribution is 2.45. The Morgan fingerprint density at radius 2 is 1.75 bits per heavy atom. The van der Waals surface area contributed by atoms with Gasteiger partial charge in [-0.25, -0.2) is 0 Å². The molecule has 0 saturated heterocycles. The van der Waals surface area contributed by atoms with E-state index in [0.717, 1.165) is 35.5 Å². The van der Waals surface area contributed by atoms with Gasteiger partial charge in [-0.2, -0.15) is 0 Å². The molecule has 2 aromatic carbocycles. The highest BCUT2D eigenvalue weighted by Gasteiger charge is 2.40. The molecule has 188 valence electrons. The van der Waals surface area contributed by atoms with Crippen molar-refractivity contribution in [3.8, 4) is 17.2 Å². The van der Waals surface area contributed by atoms with Crippen LogP contribution in [0.3, 0.4) is 0 Å². The molecular formula is C29H33N3O4. The highest BCUT2D eigenvalue weighted by atomic mass is 16.5. The SMILES string of the molecule is COc1ccc(OC)c(C2c3cccn3-c3ccccc3N2C(=O)CN(C(=O)CC(C)C)C2CC2)c1. The summed E-state index contributed by atoms with van der Waals surface area (Å²) >= 11 is 0. The van der Waals surface area contributed by atoms with Crippen molar-refractivity contribution in [3.05, 3.63) is 72.1 Å². The number of fused-ring (bicyclic) bond motifs is 3. The molecule has 5 rings (SSSR count). The minimum atomic E-state index is -0.450. The number of hydrogen-bond donors (Lipinski definition) is 0. The van der Waals surface area contributed by atoms with Crippen molar-refractivity contribution in [2.75, 3.05) is 25.7 Å². The van der Waals surface area contributed by atoms with Crippen molar-refractivity contribution < 1.29 is 19.1 Å². The summed E-state index contributed by atoms with van der Waals surface area (Å²) < 4.78 is 13.4. The number of benzene rings is 2. The fraction of sp³-hybridized carbons (Fsp3) is 0.379. The number of rotatable bonds is 8. The predicted octanol–water partition coefficient (Wildman–Crippen LogP) is 4.97. The summed E-state index contributed by atoms with van der Waals surface area (Å²) in [7, 11) is 3.26. The van der Waals surface area contributed by atoms with Gasteiger partial charge in [0, 0.05) is 24.2 Å². The monoisotopic (exact) mass is 487 g/mol. The van der Waals surface area contributed by atoms with Crippen molar-refractivity contribution in [1.29, 1.82) is 0 Å². The van der Waals surface area contributed by atoms with Gasteiger partial charge in [-0.05, 0) is 61.2 Å². The first-order valence-electron chi connectivity index (χ1n) is 12.5. The van der Waals surface area contributed by atoms with Crippen LogP contribution in [-0.4, -0.2) is 48.1 Å². The molecule has 36 heavy (non-hydrogen) atoms. The molecule has 3 aromatic rings. The van der Waals surface area contributed by atoms with E-state index in [1.807, 2.05) is 79.5 Å². The largest absolute Gasteiger partial charge is 0.497 e. The van der Waals surface area contributed by atoms with Crippen LogP contribution in [0.25, 0.3) is 5.69 Å². The van der Waals surface area contributed by atoms with E-state index in [0.29, 0.717) is 17.9 Å². The molecule has 7 nitrogen and oxygen atoms in total. The number of carbonyl (C=O) groups excluding carboxylic acids is 2. The molecule has 2 heterocycles. The third kappa shape index (κ3) is 4.34. The third-order valence-electron chi connectivity index (χ3n) is 6.92. The zero-order chi connectivity index (χ0) is 25.4. The van der Waals surface area contributed by atoms with Crippen LogP contribution in [0.2, 0.25) is 0 Å². The van der Waals surface area contributed by atoms with Crippen molar-refractivity contribution in [2.24, 2.45) is 5.92 Å². The first kappa shape index (κ1) is 24.0. The molecule has 1 unspecified atom stereocenters. The molecule has 1 aliphatic heterocycles. The summed E-state index contributed by atoms with van der Waals surface area (Å²) in [6.07, 6.45) is 4.35. The first-order chi connectivity index (χ1) is 17.4. The predicted molar refractivity (Wildman–Crippen MR) is 139 cm³/mol. The number of anilines is 1. The maximum Gasteiger partial charge on any atom is 0.247 e. The molecule has 1 saturated carbocycles. The molecule has 1 aromatic heterocycles. The van der Waals surface area contributed by atoms with Crippen molar-refractivity contribution in [1.82, 2.24) is 9.47 Å². The number of para-hydroxylation sites is 2. The van der Waals surface area contributed by atoms with E-state index >= 15 is 0 Å². The standard InChI is InChI=1S/C29H33N3O4/c1-19(2)16-27(33)31(20-11-12-20)18-28(34)32-24-9-6-5-8-23(24)30-15-7-10-25(30)29(32)22-17-21(35-3)13-14-26(22)36-4/h5-10,13-15,17,19-20,29H,11-12,16,18H2,1-4H3. The molecule has 2 aliphatic rings. The van der Waals surface area contributed by atoms with E-state index in [9.17, 15) is 9.59 Å². The zero-order valence-corrected chi connectivity index (χ0v) is 21.3. The lowest BCUT2D eigenvalue weighted by Crippen LogP contribution is -2.47. The molecule has 0 radical (unpaired) electrons. The average Bonchev–Trinajstić information content (AvgIpc) is 3.60. The zero-order valence-electron chi connectivity index (χ0n) is 21.3. The minimum absolute atomic E-state index is 0.0463. The van der Waals surface area contributed by atoms with Gasteiger partial charge < -0.3 is 18.9 Å². The lowest BCUT2D eigenvalue weighted by atomic mass is 9.96. The smallest absolute Gasteiger partial charge is 0.247 e. The molecule has 1 aliphatic carbocycles. The number of hydrogen-bond acceptors (Lipinski definition) is 4. The Balaban J connectivity index is 1.62. The molecule has 0 spiro atoms. The summed E-state index contributed by atoms with van der Waals surface area (Å²) in [6.45, 7) is 4.11. The fourth-order valence-electron chi connectivity index (χ4n) is 5.10. The number of nitrogens with zero attached hydrogens (tertiary/aromatic N) is 3. The van der Waals surface area contributed by atoms with Crippen molar-refractivity contribution in [2.45, 2.75) is 45.2 Å². The van der Waals surface area contributed by atoms with E-state index < -0.39 is 6.04 Å². The summed E-state index contributed by atoms with van der Waals surface area (Å²) in [4.78, 5) is 30.9. The number of ether oxygens (including phenoxy) is 2. The number of amides is 2. The van der Waals surface area contributed by atoms with Crippen LogP contribution in [0.4, 0.5) is 5.69 Å². The molecule has 7 heteroatoms. The fourth-order valence-corrected chi connectivity index (χ4v) is 5.10. The average molecular weight is 488 g/mol. The second-order valence-corrected chi connectivity index (χ2v) is 9.92. The summed E-state index contributed by atoms with van der Waals surface area (Å²) in [5, 5.41) is 0. The Hall–Kier alpha value is -3.74. The van der Waals surface area contributed by atoms with Crippen LogP contribution in [0.15, 0.2) is 60.8 Å². The van der Waals surface area contributed by atoms with Crippen LogP contribution in [0.1, 0.15) is 50.4 Å². The number of aromatic nitrogens is 1. The van der Waals surface area contributed by atoms with Gasteiger partial charge in [0.15, 0.2) is 0 Å². The Morgan fingerprint density at radius 1 is 1.00 bits per heavy atom. The van der Waals surface area contributed by atoms with Gasteiger partial charge in [0.25, 0.3) is 0 Å². The Labute approximate surface area is 212 Å². The Bertz CT molecular complexity index is 1280. The summed E-state index contributed by atoms with van der Waals surface area (Å²) in [5.74, 6) is 1.52. The van der Waals surface area contributed by atoms with Crippen LogP contribution in [0.5, 0.6) is 11.5 Å². The van der Waals surface area contributed by atoms with Gasteiger partial charge >= 0.3 is 0 Å². The van der Waals surface area contributed by atoms with E-state index in [4.69, 9.17) is 9.47 Å². The highest BCUT2D eigenvalue weighted by molar-refractivity contribution is 6.00. The minimum Gasteiger partial charge on any atom is -0.497 e. The van der Waals surface area contributed by atoms with Crippen LogP contribution < -0.4 is 14.4 Å². The lowest BCUT2D eigenvalue weighted by Gasteiger charge is -2.40. The second kappa shape index (κ2) is 9.72. The molecule has 2 amide bonds. The topological polar surface area (TPSA) is 64.0 Å². The lowest BCUT2D eigenvalue weighted by molar-refractivity contribution is -0.136. The van der Waals surface area contributed by atoms with Gasteiger partial charge in [0.2, 0.25) is 11.8 Å². The van der Waals surface area contributed by atoms with Gasteiger partial charge in [-0.15, -0.1) is 0 Å². The van der Waals surface area contributed by atoms with E-state index in [1.165, 1.54) is 0 Å². The molecule has 0 N–H and O–H groups in total. The van der Waals surface area contributed by atoms with E-state index in [-0.39, 0.29) is 30.3 Å². The normalized spacial score (nSPS) is 16.4. The molecule has 1 atom stereocenters. The maximum absolute atomic E-state index is 14.2. The van der Waals surface area contributed by atoms with Gasteiger partial charge in [0.1, 0.15) is 24.1 Å². The van der Waals surface area contributed by atoms with Gasteiger partial charge in [-0.3, -0.25) is 14.5 Å². The number of methoxy groups -OCH3 is 2. The van der Waals surface area contributed by atoms with Crippen LogP contribution in [-0.2, 0) is 9.59 Å². The maximum atomic E-state index is 14.2. The van der Waals surface area contributed by atoms with Gasteiger partial charge in [0.05, 0.1) is 31.3 Å². The van der Waals surface area contributed by atoms with Gasteiger partial charge in [-0.1, -0.05) is 26.0 Å². The molecule has 1 fully saturated rings. The second-order valence-electron chi connectivity index (χ2n) is 9.92. The van der Waals surface area contributed by atoms with E-state index in [1.54, 1.807) is 19.1 Å². The van der Waals surface area contributed by atoms with Crippen molar-refractivity contribution >= 4 is 17.5 Å². The molecule has 0 bridgehead atoms. The summed E-state index contributed by atoms with van der Waals surface area (Å²) in [5.41, 5.74) is 3.50. The van der Waals surface area contributed by atoms with Crippen molar-refractivity contribution in [3.63, 3.8) is 0 Å². The Morgan fingerprint density at radius 3 is 2.42 bits per heavy atom. The summed E-state index contributed by atoms with van der Waals surface area (Å²) in [6, 6.07) is 17.3. The number of carbonyl (C=O) groups is 2. The molecular weight excluding hydrogens is 454 g/mol. The van der Waals surface area contributed by atoms with Crippen LogP contribution >= 0.6 is 0 Å². The van der Waals surface area contributed by atoms with E-state index in [2.05, 4.69) is 4.57 Å².